The minimum atomic E-state index is 0.789. The summed E-state index contributed by atoms with van der Waals surface area (Å²) in [5.41, 5.74) is 0. The molecule has 0 aromatic carbocycles. The van der Waals surface area contributed by atoms with Crippen molar-refractivity contribution >= 4 is 0 Å². The van der Waals surface area contributed by atoms with Crippen molar-refractivity contribution in [1.82, 2.24) is 4.90 Å². The van der Waals surface area contributed by atoms with Gasteiger partial charge in [0.1, 0.15) is 0 Å². The van der Waals surface area contributed by atoms with Gasteiger partial charge in [-0.15, -0.1) is 0 Å². The van der Waals surface area contributed by atoms with E-state index < -0.39 is 0 Å². The summed E-state index contributed by atoms with van der Waals surface area (Å²) in [6, 6.07) is 0. The molecule has 0 aliphatic heterocycles. The molecule has 0 aliphatic rings. The van der Waals surface area contributed by atoms with E-state index in [1.807, 2.05) is 13.8 Å². The monoisotopic (exact) mass is 189 g/mol. The van der Waals surface area contributed by atoms with Crippen molar-refractivity contribution in [3.63, 3.8) is 0 Å². The first-order chi connectivity index (χ1) is 6.16. The van der Waals surface area contributed by atoms with Crippen molar-refractivity contribution in [2.24, 2.45) is 5.92 Å². The molecule has 0 N–H and O–H groups in total. The second-order valence-corrected chi connectivity index (χ2v) is 3.48. The second kappa shape index (κ2) is 11.9. The van der Waals surface area contributed by atoms with Crippen LogP contribution in [-0.4, -0.2) is 39.3 Å². The Bertz CT molecular complexity index is 84.2. The van der Waals surface area contributed by atoms with Gasteiger partial charge in [0.2, 0.25) is 0 Å². The van der Waals surface area contributed by atoms with Crippen LogP contribution in [0.2, 0.25) is 0 Å². The number of rotatable bonds is 6. The van der Waals surface area contributed by atoms with E-state index in [0.29, 0.717) is 0 Å². The Labute approximate surface area is 84.3 Å². The number of hydrogen-bond acceptors (Lipinski definition) is 2. The van der Waals surface area contributed by atoms with Crippen molar-refractivity contribution in [1.29, 1.82) is 0 Å². The zero-order chi connectivity index (χ0) is 10.7. The fraction of sp³-hybridized carbons (Fsp3) is 1.00. The van der Waals surface area contributed by atoms with Crippen molar-refractivity contribution < 1.29 is 4.74 Å². The van der Waals surface area contributed by atoms with Gasteiger partial charge >= 0.3 is 0 Å². The summed E-state index contributed by atoms with van der Waals surface area (Å²) < 4.78 is 5.01. The summed E-state index contributed by atoms with van der Waals surface area (Å²) in [5.74, 6) is 0.789. The highest BCUT2D eigenvalue weighted by molar-refractivity contribution is 4.54. The lowest BCUT2D eigenvalue weighted by atomic mass is 10.0. The van der Waals surface area contributed by atoms with E-state index in [1.165, 1.54) is 19.4 Å². The Balaban J connectivity index is 0. The predicted octanol–water partition coefficient (Wildman–Crippen LogP) is 2.64. The van der Waals surface area contributed by atoms with Crippen LogP contribution in [0.25, 0.3) is 0 Å². The van der Waals surface area contributed by atoms with Gasteiger partial charge in [0, 0.05) is 13.7 Å². The van der Waals surface area contributed by atoms with Gasteiger partial charge in [0.05, 0.1) is 0 Å². The molecule has 0 saturated heterocycles. The summed E-state index contributed by atoms with van der Waals surface area (Å²) >= 11 is 0. The molecule has 0 spiro atoms. The average Bonchev–Trinajstić information content (AvgIpc) is 2.14. The van der Waals surface area contributed by atoms with Gasteiger partial charge in [0.15, 0.2) is 0 Å². The maximum atomic E-state index is 5.01. The molecule has 0 aliphatic carbocycles. The first kappa shape index (κ1) is 15.4. The summed E-state index contributed by atoms with van der Waals surface area (Å²) in [4.78, 5) is 2.23. The molecule has 0 aromatic rings. The summed E-state index contributed by atoms with van der Waals surface area (Å²) in [6.45, 7) is 8.36. The Morgan fingerprint density at radius 1 is 1.15 bits per heavy atom. The lowest BCUT2D eigenvalue weighted by Crippen LogP contribution is -2.16. The molecule has 82 valence electrons. The smallest absolute Gasteiger partial charge is 0.0464 e. The molecule has 0 heterocycles. The second-order valence-electron chi connectivity index (χ2n) is 3.48. The molecule has 0 rings (SSSR count). The zero-order valence-corrected chi connectivity index (χ0v) is 10.3. The molecule has 0 fully saturated rings. The van der Waals surface area contributed by atoms with Crippen molar-refractivity contribution in [3.8, 4) is 0 Å². The van der Waals surface area contributed by atoms with E-state index in [2.05, 4.69) is 25.9 Å². The lowest BCUT2D eigenvalue weighted by Gasteiger charge is -2.14. The first-order valence-electron chi connectivity index (χ1n) is 5.30. The quantitative estimate of drug-likeness (QED) is 0.637. The molecule has 1 unspecified atom stereocenters. The highest BCUT2D eigenvalue weighted by atomic mass is 16.5. The van der Waals surface area contributed by atoms with E-state index in [-0.39, 0.29) is 0 Å². The molecule has 1 atom stereocenters. The molecule has 0 bridgehead atoms. The topological polar surface area (TPSA) is 12.5 Å². The van der Waals surface area contributed by atoms with Crippen LogP contribution in [-0.2, 0) is 4.74 Å². The molecular weight excluding hydrogens is 162 g/mol. The fourth-order valence-electron chi connectivity index (χ4n) is 0.942. The van der Waals surface area contributed by atoms with Gasteiger partial charge in [0.25, 0.3) is 0 Å². The molecule has 0 aromatic heterocycles. The van der Waals surface area contributed by atoms with Crippen LogP contribution < -0.4 is 0 Å². The van der Waals surface area contributed by atoms with Crippen molar-refractivity contribution in [3.05, 3.63) is 0 Å². The number of nitrogens with zero attached hydrogens (tertiary/aromatic N) is 1. The molecule has 2 heteroatoms. The first-order valence-corrected chi connectivity index (χ1v) is 5.30. The van der Waals surface area contributed by atoms with Gasteiger partial charge in [-0.2, -0.15) is 0 Å². The third-order valence-corrected chi connectivity index (χ3v) is 1.88. The van der Waals surface area contributed by atoms with Crippen LogP contribution in [0.4, 0.5) is 0 Å². The van der Waals surface area contributed by atoms with Crippen molar-refractivity contribution in [2.75, 3.05) is 34.4 Å². The van der Waals surface area contributed by atoms with Crippen LogP contribution in [0.5, 0.6) is 0 Å². The van der Waals surface area contributed by atoms with E-state index >= 15 is 0 Å². The molecule has 0 radical (unpaired) electrons. The Morgan fingerprint density at radius 2 is 1.69 bits per heavy atom. The molecule has 0 saturated carbocycles. The van der Waals surface area contributed by atoms with Crippen LogP contribution in [0, 0.1) is 5.92 Å². The van der Waals surface area contributed by atoms with Gasteiger partial charge in [-0.1, -0.05) is 20.8 Å². The number of methoxy groups -OCH3 is 1. The van der Waals surface area contributed by atoms with Crippen LogP contribution >= 0.6 is 0 Å². The Kier molecular flexibility index (Phi) is 14.1. The highest BCUT2D eigenvalue weighted by Crippen LogP contribution is 2.06. The van der Waals surface area contributed by atoms with Crippen LogP contribution in [0.15, 0.2) is 0 Å². The molecular formula is C11H27NO. The summed E-state index contributed by atoms with van der Waals surface area (Å²) in [5, 5.41) is 0. The largest absolute Gasteiger partial charge is 0.385 e. The highest BCUT2D eigenvalue weighted by Gasteiger charge is 2.01. The number of ether oxygens (including phenoxy) is 1. The fourth-order valence-corrected chi connectivity index (χ4v) is 0.942. The zero-order valence-electron chi connectivity index (χ0n) is 10.3. The predicted molar refractivity (Wildman–Crippen MR) is 60.2 cm³/mol. The van der Waals surface area contributed by atoms with E-state index in [1.54, 1.807) is 7.11 Å². The van der Waals surface area contributed by atoms with Gasteiger partial charge < -0.3 is 9.64 Å². The van der Waals surface area contributed by atoms with E-state index in [0.717, 1.165) is 12.5 Å². The van der Waals surface area contributed by atoms with Gasteiger partial charge in [-0.05, 0) is 39.4 Å². The van der Waals surface area contributed by atoms with Crippen LogP contribution in [0.3, 0.4) is 0 Å². The average molecular weight is 189 g/mol. The van der Waals surface area contributed by atoms with Gasteiger partial charge in [-0.3, -0.25) is 0 Å². The normalized spacial score (nSPS) is 12.2. The third-order valence-electron chi connectivity index (χ3n) is 1.88. The summed E-state index contributed by atoms with van der Waals surface area (Å²) in [6.07, 6.45) is 2.46. The van der Waals surface area contributed by atoms with Gasteiger partial charge in [-0.25, -0.2) is 0 Å². The minimum Gasteiger partial charge on any atom is -0.385 e. The van der Waals surface area contributed by atoms with E-state index in [9.17, 15) is 0 Å². The third kappa shape index (κ3) is 14.7. The summed E-state index contributed by atoms with van der Waals surface area (Å²) in [7, 11) is 5.99. The maximum absolute atomic E-state index is 5.01. The Morgan fingerprint density at radius 3 is 2.08 bits per heavy atom. The Hall–Kier alpha value is -0.0800. The molecule has 0 amide bonds. The lowest BCUT2D eigenvalue weighted by molar-refractivity contribution is 0.176. The van der Waals surface area contributed by atoms with E-state index in [4.69, 9.17) is 4.74 Å². The molecule has 13 heavy (non-hydrogen) atoms. The van der Waals surface area contributed by atoms with Crippen LogP contribution in [0.1, 0.15) is 33.6 Å². The number of hydrogen-bond donors (Lipinski definition) is 0. The minimum absolute atomic E-state index is 0.789. The SMILES string of the molecule is CC.COCCC(C)CCN(C)C. The molecule has 2 nitrogen and oxygen atoms in total. The van der Waals surface area contributed by atoms with Crippen molar-refractivity contribution in [2.45, 2.75) is 33.6 Å². The maximum Gasteiger partial charge on any atom is 0.0464 e. The standard InChI is InChI=1S/C9H21NO.C2H6/c1-9(6-8-11-4)5-7-10(2)3;1-2/h9H,5-8H2,1-4H3;1-2H3.